The normalized spacial score (nSPS) is 12.5. The molecule has 0 bridgehead atoms. The zero-order valence-electron chi connectivity index (χ0n) is 9.63. The Kier molecular flexibility index (Phi) is 4.56. The van der Waals surface area contributed by atoms with Gasteiger partial charge in [-0.2, -0.15) is 0 Å². The third-order valence-corrected chi connectivity index (χ3v) is 2.56. The van der Waals surface area contributed by atoms with Crippen molar-refractivity contribution in [2.75, 3.05) is 25.0 Å². The van der Waals surface area contributed by atoms with Crippen molar-refractivity contribution in [2.45, 2.75) is 19.9 Å². The third-order valence-electron chi connectivity index (χ3n) is 2.56. The first-order chi connectivity index (χ1) is 7.19. The number of nitrogens with zero attached hydrogens (tertiary/aromatic N) is 1. The molecule has 0 spiro atoms. The van der Waals surface area contributed by atoms with Gasteiger partial charge in [-0.05, 0) is 33.0 Å². The number of halogens is 1. The summed E-state index contributed by atoms with van der Waals surface area (Å²) in [5, 5.41) is 3.15. The van der Waals surface area contributed by atoms with Gasteiger partial charge in [0.2, 0.25) is 0 Å². The van der Waals surface area contributed by atoms with Crippen LogP contribution in [0.4, 0.5) is 10.1 Å². The van der Waals surface area contributed by atoms with E-state index in [4.69, 9.17) is 0 Å². The third kappa shape index (κ3) is 3.20. The second-order valence-corrected chi connectivity index (χ2v) is 3.68. The molecule has 0 radical (unpaired) electrons. The summed E-state index contributed by atoms with van der Waals surface area (Å²) < 4.78 is 13.5. The lowest BCUT2D eigenvalue weighted by Gasteiger charge is -2.26. The van der Waals surface area contributed by atoms with Crippen LogP contribution in [0.5, 0.6) is 0 Å². The highest BCUT2D eigenvalue weighted by molar-refractivity contribution is 5.47. The van der Waals surface area contributed by atoms with Crippen LogP contribution in [0.3, 0.4) is 0 Å². The summed E-state index contributed by atoms with van der Waals surface area (Å²) in [6, 6.07) is 7.26. The van der Waals surface area contributed by atoms with Gasteiger partial charge in [-0.3, -0.25) is 0 Å². The number of rotatable bonds is 5. The van der Waals surface area contributed by atoms with E-state index in [1.165, 1.54) is 6.07 Å². The fourth-order valence-corrected chi connectivity index (χ4v) is 1.53. The van der Waals surface area contributed by atoms with E-state index in [9.17, 15) is 4.39 Å². The lowest BCUT2D eigenvalue weighted by Crippen LogP contribution is -2.37. The van der Waals surface area contributed by atoms with E-state index in [2.05, 4.69) is 12.2 Å². The second-order valence-electron chi connectivity index (χ2n) is 3.68. The van der Waals surface area contributed by atoms with E-state index in [1.807, 2.05) is 31.0 Å². The molecule has 3 heteroatoms. The minimum absolute atomic E-state index is 0.150. The summed E-state index contributed by atoms with van der Waals surface area (Å²) >= 11 is 0. The molecule has 1 aromatic rings. The first-order valence-electron chi connectivity index (χ1n) is 5.35. The number of benzene rings is 1. The maximum Gasteiger partial charge on any atom is 0.146 e. The maximum absolute atomic E-state index is 13.5. The predicted octanol–water partition coefficient (Wildman–Crippen LogP) is 2.26. The summed E-state index contributed by atoms with van der Waals surface area (Å²) in [6.45, 7) is 5.75. The number of nitrogens with one attached hydrogen (secondary N) is 1. The largest absolute Gasteiger partial charge is 0.368 e. The second kappa shape index (κ2) is 5.71. The van der Waals surface area contributed by atoms with Crippen molar-refractivity contribution in [3.8, 4) is 0 Å². The summed E-state index contributed by atoms with van der Waals surface area (Å²) in [5.74, 6) is -0.150. The molecule has 1 atom stereocenters. The molecule has 1 rings (SSSR count). The Hall–Kier alpha value is -1.09. The molecule has 0 heterocycles. The van der Waals surface area contributed by atoms with Crippen molar-refractivity contribution in [3.05, 3.63) is 30.1 Å². The molecule has 0 saturated heterocycles. The van der Waals surface area contributed by atoms with E-state index >= 15 is 0 Å². The highest BCUT2D eigenvalue weighted by Crippen LogP contribution is 2.18. The smallest absolute Gasteiger partial charge is 0.146 e. The van der Waals surface area contributed by atoms with Gasteiger partial charge in [0.1, 0.15) is 5.82 Å². The first-order valence-corrected chi connectivity index (χ1v) is 5.35. The van der Waals surface area contributed by atoms with Crippen molar-refractivity contribution >= 4 is 5.69 Å². The van der Waals surface area contributed by atoms with Gasteiger partial charge in [0, 0.05) is 19.1 Å². The Bertz CT molecular complexity index is 301. The van der Waals surface area contributed by atoms with E-state index < -0.39 is 0 Å². The van der Waals surface area contributed by atoms with Crippen molar-refractivity contribution in [3.63, 3.8) is 0 Å². The van der Waals surface area contributed by atoms with Crippen LogP contribution in [0.1, 0.15) is 13.8 Å². The Morgan fingerprint density at radius 3 is 2.60 bits per heavy atom. The molecule has 1 unspecified atom stereocenters. The van der Waals surface area contributed by atoms with Gasteiger partial charge in [0.15, 0.2) is 0 Å². The lowest BCUT2D eigenvalue weighted by molar-refractivity contribution is 0.573. The lowest BCUT2D eigenvalue weighted by atomic mass is 10.2. The molecule has 84 valence electrons. The fraction of sp³-hybridized carbons (Fsp3) is 0.500. The van der Waals surface area contributed by atoms with Gasteiger partial charge >= 0.3 is 0 Å². The van der Waals surface area contributed by atoms with E-state index in [0.29, 0.717) is 11.7 Å². The summed E-state index contributed by atoms with van der Waals surface area (Å²) in [6.07, 6.45) is 0. The molecule has 0 amide bonds. The van der Waals surface area contributed by atoms with Crippen molar-refractivity contribution in [2.24, 2.45) is 0 Å². The monoisotopic (exact) mass is 210 g/mol. The van der Waals surface area contributed by atoms with Crippen LogP contribution in [-0.4, -0.2) is 26.2 Å². The first kappa shape index (κ1) is 12.0. The molecule has 15 heavy (non-hydrogen) atoms. The highest BCUT2D eigenvalue weighted by Gasteiger charge is 2.11. The van der Waals surface area contributed by atoms with Crippen LogP contribution in [0, 0.1) is 5.82 Å². The molecular formula is C12H19FN2. The van der Waals surface area contributed by atoms with E-state index in [0.717, 1.165) is 13.1 Å². The van der Waals surface area contributed by atoms with E-state index in [-0.39, 0.29) is 5.82 Å². The van der Waals surface area contributed by atoms with Gasteiger partial charge in [0.05, 0.1) is 5.69 Å². The van der Waals surface area contributed by atoms with Crippen LogP contribution >= 0.6 is 0 Å². The Labute approximate surface area is 91.1 Å². The van der Waals surface area contributed by atoms with Crippen molar-refractivity contribution in [1.82, 2.24) is 5.32 Å². The van der Waals surface area contributed by atoms with Crippen molar-refractivity contribution in [1.29, 1.82) is 0 Å². The predicted molar refractivity (Wildman–Crippen MR) is 62.8 cm³/mol. The summed E-state index contributed by atoms with van der Waals surface area (Å²) in [4.78, 5) is 2.04. The van der Waals surface area contributed by atoms with Crippen LogP contribution in [0.25, 0.3) is 0 Å². The van der Waals surface area contributed by atoms with Gasteiger partial charge < -0.3 is 10.2 Å². The van der Waals surface area contributed by atoms with Crippen LogP contribution in [0.2, 0.25) is 0 Å². The molecular weight excluding hydrogens is 191 g/mol. The minimum atomic E-state index is -0.150. The van der Waals surface area contributed by atoms with Crippen LogP contribution < -0.4 is 10.2 Å². The molecule has 0 aromatic heterocycles. The van der Waals surface area contributed by atoms with Gasteiger partial charge in [0.25, 0.3) is 0 Å². The molecule has 0 fully saturated rings. The topological polar surface area (TPSA) is 15.3 Å². The number of para-hydroxylation sites is 1. The average molecular weight is 210 g/mol. The zero-order valence-corrected chi connectivity index (χ0v) is 9.63. The standard InChI is InChI=1S/C12H19FN2/c1-4-15(9-10(2)14-3)12-8-6-5-7-11(12)13/h5-8,10,14H,4,9H2,1-3H3. The summed E-state index contributed by atoms with van der Waals surface area (Å²) in [5.41, 5.74) is 0.683. The molecule has 1 aromatic carbocycles. The zero-order chi connectivity index (χ0) is 11.3. The van der Waals surface area contributed by atoms with Crippen LogP contribution in [0.15, 0.2) is 24.3 Å². The number of hydrogen-bond donors (Lipinski definition) is 1. The SMILES string of the molecule is CCN(CC(C)NC)c1ccccc1F. The summed E-state index contributed by atoms with van der Waals surface area (Å²) in [7, 11) is 1.92. The van der Waals surface area contributed by atoms with Crippen molar-refractivity contribution < 1.29 is 4.39 Å². The Balaban J connectivity index is 2.78. The van der Waals surface area contributed by atoms with Gasteiger partial charge in [-0.25, -0.2) is 4.39 Å². The Morgan fingerprint density at radius 2 is 2.07 bits per heavy atom. The number of anilines is 1. The quantitative estimate of drug-likeness (QED) is 0.802. The number of hydrogen-bond acceptors (Lipinski definition) is 2. The van der Waals surface area contributed by atoms with Gasteiger partial charge in [-0.1, -0.05) is 12.1 Å². The molecule has 0 saturated carbocycles. The molecule has 0 aliphatic rings. The molecule has 2 nitrogen and oxygen atoms in total. The minimum Gasteiger partial charge on any atom is -0.368 e. The Morgan fingerprint density at radius 1 is 1.40 bits per heavy atom. The molecule has 1 N–H and O–H groups in total. The van der Waals surface area contributed by atoms with E-state index in [1.54, 1.807) is 6.07 Å². The van der Waals surface area contributed by atoms with Gasteiger partial charge in [-0.15, -0.1) is 0 Å². The molecule has 0 aliphatic heterocycles. The average Bonchev–Trinajstić information content (AvgIpc) is 2.26. The fourth-order valence-electron chi connectivity index (χ4n) is 1.53. The van der Waals surface area contributed by atoms with Crippen LogP contribution in [-0.2, 0) is 0 Å². The molecule has 0 aliphatic carbocycles. The maximum atomic E-state index is 13.5. The highest BCUT2D eigenvalue weighted by atomic mass is 19.1. The number of likely N-dealkylation sites (N-methyl/N-ethyl adjacent to an activating group) is 2.